The van der Waals surface area contributed by atoms with Crippen LogP contribution in [0.1, 0.15) is 29.0 Å². The highest BCUT2D eigenvalue weighted by Gasteiger charge is 2.47. The molecule has 2 aromatic carbocycles. The third-order valence-electron chi connectivity index (χ3n) is 5.00. The van der Waals surface area contributed by atoms with E-state index in [4.69, 9.17) is 0 Å². The molecule has 0 aliphatic carbocycles. The number of halogens is 1. The molecule has 1 aliphatic rings. The van der Waals surface area contributed by atoms with E-state index in [1.807, 2.05) is 41.8 Å². The van der Waals surface area contributed by atoms with Gasteiger partial charge in [0, 0.05) is 20.6 Å². The summed E-state index contributed by atoms with van der Waals surface area (Å²) in [5, 5.41) is 12.9. The maximum Gasteiger partial charge on any atom is 0.300 e. The Bertz CT molecular complexity index is 1090. The first kappa shape index (κ1) is 19.6. The van der Waals surface area contributed by atoms with E-state index in [-0.39, 0.29) is 11.3 Å². The summed E-state index contributed by atoms with van der Waals surface area (Å²) in [6, 6.07) is 17.7. The molecular formula is C23H18BrNO3S. The number of ketones is 1. The van der Waals surface area contributed by atoms with E-state index in [1.165, 1.54) is 16.2 Å². The fraction of sp³-hybridized carbons (Fsp3) is 0.130. The van der Waals surface area contributed by atoms with Gasteiger partial charge in [0.15, 0.2) is 0 Å². The van der Waals surface area contributed by atoms with Gasteiger partial charge < -0.3 is 5.11 Å². The molecule has 0 saturated carbocycles. The molecule has 1 aromatic heterocycles. The number of benzene rings is 2. The molecule has 1 unspecified atom stereocenters. The average molecular weight is 468 g/mol. The number of aryl methyl sites for hydroxylation is 1. The first-order valence-electron chi connectivity index (χ1n) is 9.20. The molecule has 3 aromatic rings. The van der Waals surface area contributed by atoms with Crippen molar-refractivity contribution in [3.63, 3.8) is 0 Å². The van der Waals surface area contributed by atoms with Crippen LogP contribution in [-0.2, 0) is 16.0 Å². The first-order valence-corrected chi connectivity index (χ1v) is 10.9. The molecule has 1 amide bonds. The van der Waals surface area contributed by atoms with Crippen LogP contribution < -0.4 is 4.90 Å². The van der Waals surface area contributed by atoms with Gasteiger partial charge in [-0.2, -0.15) is 0 Å². The van der Waals surface area contributed by atoms with Crippen molar-refractivity contribution in [3.05, 3.63) is 92.1 Å². The monoisotopic (exact) mass is 467 g/mol. The van der Waals surface area contributed by atoms with Gasteiger partial charge in [0.2, 0.25) is 0 Å². The van der Waals surface area contributed by atoms with Crippen molar-refractivity contribution in [2.45, 2.75) is 19.4 Å². The minimum absolute atomic E-state index is 0.111. The maximum atomic E-state index is 13.0. The maximum absolute atomic E-state index is 13.0. The topological polar surface area (TPSA) is 57.6 Å². The third kappa shape index (κ3) is 3.54. The minimum atomic E-state index is -0.677. The fourth-order valence-electron chi connectivity index (χ4n) is 3.47. The lowest BCUT2D eigenvalue weighted by molar-refractivity contribution is -0.132. The summed E-state index contributed by atoms with van der Waals surface area (Å²) in [5.41, 5.74) is 2.39. The molecule has 4 nitrogen and oxygen atoms in total. The smallest absolute Gasteiger partial charge is 0.300 e. The predicted molar refractivity (Wildman–Crippen MR) is 119 cm³/mol. The van der Waals surface area contributed by atoms with Crippen LogP contribution in [0.2, 0.25) is 0 Å². The Morgan fingerprint density at radius 1 is 1.07 bits per heavy atom. The second kappa shape index (κ2) is 7.97. The number of anilines is 1. The summed E-state index contributed by atoms with van der Waals surface area (Å²) in [6.07, 6.45) is 0.886. The predicted octanol–water partition coefficient (Wildman–Crippen LogP) is 5.70. The van der Waals surface area contributed by atoms with Crippen molar-refractivity contribution >= 4 is 50.4 Å². The Hall–Kier alpha value is -2.70. The van der Waals surface area contributed by atoms with Crippen LogP contribution in [0.25, 0.3) is 5.76 Å². The van der Waals surface area contributed by atoms with Gasteiger partial charge in [-0.1, -0.05) is 53.2 Å². The van der Waals surface area contributed by atoms with Crippen LogP contribution >= 0.6 is 27.3 Å². The summed E-state index contributed by atoms with van der Waals surface area (Å²) in [7, 11) is 0. The number of aliphatic hydroxyl groups is 1. The van der Waals surface area contributed by atoms with Crippen molar-refractivity contribution in [1.29, 1.82) is 0 Å². The Kier molecular flexibility index (Phi) is 5.39. The van der Waals surface area contributed by atoms with Crippen molar-refractivity contribution < 1.29 is 14.7 Å². The van der Waals surface area contributed by atoms with Crippen LogP contribution in [0, 0.1) is 0 Å². The van der Waals surface area contributed by atoms with Gasteiger partial charge in [-0.05, 0) is 47.7 Å². The average Bonchev–Trinajstić information content (AvgIpc) is 3.35. The first-order chi connectivity index (χ1) is 14.0. The van der Waals surface area contributed by atoms with E-state index in [2.05, 4.69) is 22.9 Å². The summed E-state index contributed by atoms with van der Waals surface area (Å²) < 4.78 is 0.861. The van der Waals surface area contributed by atoms with Gasteiger partial charge in [-0.15, -0.1) is 11.3 Å². The molecule has 2 heterocycles. The van der Waals surface area contributed by atoms with Crippen LogP contribution in [0.15, 0.2) is 76.1 Å². The van der Waals surface area contributed by atoms with E-state index in [0.29, 0.717) is 11.3 Å². The highest BCUT2D eigenvalue weighted by Crippen LogP contribution is 2.43. The standard InChI is InChI=1S/C23H18BrNO3S/c1-2-14-5-11-17(12-6-14)25-20(18-4-3-13-29-18)19(22(27)23(25)28)21(26)15-7-9-16(24)10-8-15/h3-13,20,26H,2H2,1H3/b21-19-. The van der Waals surface area contributed by atoms with Crippen LogP contribution in [0.4, 0.5) is 5.69 Å². The molecule has 0 spiro atoms. The minimum Gasteiger partial charge on any atom is -0.507 e. The normalized spacial score (nSPS) is 18.4. The molecule has 1 aliphatic heterocycles. The van der Waals surface area contributed by atoms with Crippen molar-refractivity contribution in [2.24, 2.45) is 0 Å². The Labute approximate surface area is 181 Å². The van der Waals surface area contributed by atoms with Gasteiger partial charge in [-0.25, -0.2) is 0 Å². The molecule has 146 valence electrons. The third-order valence-corrected chi connectivity index (χ3v) is 6.45. The summed E-state index contributed by atoms with van der Waals surface area (Å²) >= 11 is 4.82. The highest BCUT2D eigenvalue weighted by atomic mass is 79.9. The Morgan fingerprint density at radius 2 is 1.76 bits per heavy atom. The number of rotatable bonds is 4. The largest absolute Gasteiger partial charge is 0.507 e. The Morgan fingerprint density at radius 3 is 2.34 bits per heavy atom. The van der Waals surface area contributed by atoms with E-state index in [0.717, 1.165) is 21.3 Å². The van der Waals surface area contributed by atoms with Crippen LogP contribution in [-0.4, -0.2) is 16.8 Å². The van der Waals surface area contributed by atoms with Crippen molar-refractivity contribution in [2.75, 3.05) is 4.90 Å². The molecule has 1 atom stereocenters. The lowest BCUT2D eigenvalue weighted by Crippen LogP contribution is -2.29. The Balaban J connectivity index is 1.88. The van der Waals surface area contributed by atoms with Crippen LogP contribution in [0.5, 0.6) is 0 Å². The molecule has 6 heteroatoms. The summed E-state index contributed by atoms with van der Waals surface area (Å²) in [6.45, 7) is 2.06. The fourth-order valence-corrected chi connectivity index (χ4v) is 4.56. The van der Waals surface area contributed by atoms with Gasteiger partial charge in [-0.3, -0.25) is 14.5 Å². The highest BCUT2D eigenvalue weighted by molar-refractivity contribution is 9.10. The second-order valence-electron chi connectivity index (χ2n) is 6.71. The van der Waals surface area contributed by atoms with E-state index >= 15 is 0 Å². The lowest BCUT2D eigenvalue weighted by atomic mass is 9.99. The number of nitrogens with zero attached hydrogens (tertiary/aromatic N) is 1. The molecule has 1 fully saturated rings. The zero-order valence-corrected chi connectivity index (χ0v) is 18.0. The number of hydrogen-bond acceptors (Lipinski definition) is 4. The summed E-state index contributed by atoms with van der Waals surface area (Å²) in [5.74, 6) is -1.48. The van der Waals surface area contributed by atoms with Crippen molar-refractivity contribution in [1.82, 2.24) is 0 Å². The molecule has 4 rings (SSSR count). The number of carbonyl (C=O) groups is 2. The molecule has 1 saturated heterocycles. The van der Waals surface area contributed by atoms with Gasteiger partial charge in [0.25, 0.3) is 11.7 Å². The summed E-state index contributed by atoms with van der Waals surface area (Å²) in [4.78, 5) is 28.3. The van der Waals surface area contributed by atoms with Gasteiger partial charge in [0.05, 0.1) is 5.57 Å². The number of carbonyl (C=O) groups excluding carboxylic acids is 2. The quantitative estimate of drug-likeness (QED) is 0.304. The number of aliphatic hydroxyl groups excluding tert-OH is 1. The number of thiophene rings is 1. The zero-order chi connectivity index (χ0) is 20.5. The molecule has 29 heavy (non-hydrogen) atoms. The number of amides is 1. The van der Waals surface area contributed by atoms with Gasteiger partial charge in [0.1, 0.15) is 11.8 Å². The van der Waals surface area contributed by atoms with E-state index in [1.54, 1.807) is 24.3 Å². The van der Waals surface area contributed by atoms with Crippen molar-refractivity contribution in [3.8, 4) is 0 Å². The SMILES string of the molecule is CCc1ccc(N2C(=O)C(=O)/C(=C(\O)c3ccc(Br)cc3)C2c2cccs2)cc1. The van der Waals surface area contributed by atoms with E-state index in [9.17, 15) is 14.7 Å². The molecule has 0 bridgehead atoms. The molecule has 0 radical (unpaired) electrons. The molecule has 1 N–H and O–H groups in total. The lowest BCUT2D eigenvalue weighted by Gasteiger charge is -2.24. The van der Waals surface area contributed by atoms with E-state index < -0.39 is 17.7 Å². The number of hydrogen-bond donors (Lipinski definition) is 1. The molecular weight excluding hydrogens is 450 g/mol. The van der Waals surface area contributed by atoms with Gasteiger partial charge >= 0.3 is 0 Å². The number of Topliss-reactive ketones (excluding diaryl/α,β-unsaturated/α-hetero) is 1. The zero-order valence-electron chi connectivity index (χ0n) is 15.6. The second-order valence-corrected chi connectivity index (χ2v) is 8.61. The van der Waals surface area contributed by atoms with Crippen LogP contribution in [0.3, 0.4) is 0 Å².